The SMILES string of the molecule is C=CCCCCC[C@H](NC(=O)OC(CC)C(C)C)C(=O)N1C[C@H](OC(=O)N2Cc3cccc(F)c3C2)C[C@H]1C(=O)N[C@]1(C(=O)N(N)S(=O)(=O)C2CC2)CC1=C. The number of nitrogens with zero attached hydrogens (tertiary/aromatic N) is 3. The molecule has 2 heterocycles. The number of likely N-dealkylation sites (tertiary alicyclic amines) is 1. The molecule has 15 nitrogen and oxygen atoms in total. The van der Waals surface area contributed by atoms with Gasteiger partial charge in [0.25, 0.3) is 15.9 Å². The summed E-state index contributed by atoms with van der Waals surface area (Å²) >= 11 is 0. The van der Waals surface area contributed by atoms with Crippen molar-refractivity contribution in [1.29, 1.82) is 0 Å². The van der Waals surface area contributed by atoms with Gasteiger partial charge in [0.15, 0.2) is 0 Å². The maximum atomic E-state index is 14.5. The highest BCUT2D eigenvalue weighted by atomic mass is 32.2. The van der Waals surface area contributed by atoms with Crippen LogP contribution in [0.4, 0.5) is 14.0 Å². The standard InChI is InChI=1S/C38H53FN6O9S/c1-6-8-9-10-11-15-30(41-36(49)54-32(7-2)23(3)4)34(47)44-21-26(53-37(50)43-20-25-13-12-14-29(39)28(25)22-43)18-31(44)33(46)42-38(19-24(38)5)35(48)45(40)55(51,52)27-16-17-27/h6,12-14,23,26-27,30-32H,1,5,7-11,15-22,40H2,2-4H3,(H,41,49)(H,42,46)/t26-,30+,31+,32?,38-/m1/s1. The summed E-state index contributed by atoms with van der Waals surface area (Å²) in [5.74, 6) is 2.85. The molecule has 4 aliphatic rings. The van der Waals surface area contributed by atoms with Crippen molar-refractivity contribution in [3.63, 3.8) is 0 Å². The zero-order chi connectivity index (χ0) is 40.2. The molecule has 5 amide bonds. The van der Waals surface area contributed by atoms with E-state index >= 15 is 0 Å². The Balaban J connectivity index is 1.37. The number of alkyl carbamates (subject to hydrolysis) is 1. The number of nitrogens with two attached hydrogens (primary N) is 1. The van der Waals surface area contributed by atoms with Crippen LogP contribution in [0.5, 0.6) is 0 Å². The molecule has 1 unspecified atom stereocenters. The molecule has 55 heavy (non-hydrogen) atoms. The summed E-state index contributed by atoms with van der Waals surface area (Å²) in [6.07, 6.45) is 2.84. The second kappa shape index (κ2) is 17.1. The number of sulfonamides is 1. The third kappa shape index (κ3) is 9.31. The van der Waals surface area contributed by atoms with E-state index in [2.05, 4.69) is 23.8 Å². The van der Waals surface area contributed by atoms with Gasteiger partial charge in [0.2, 0.25) is 11.8 Å². The van der Waals surface area contributed by atoms with Crippen molar-refractivity contribution >= 4 is 39.9 Å². The number of fused-ring (bicyclic) bond motifs is 1. The maximum Gasteiger partial charge on any atom is 0.410 e. The first-order chi connectivity index (χ1) is 26.0. The number of unbranched alkanes of at least 4 members (excludes halogenated alkanes) is 3. The van der Waals surface area contributed by atoms with Crippen LogP contribution in [0.2, 0.25) is 0 Å². The smallest absolute Gasteiger partial charge is 0.410 e. The van der Waals surface area contributed by atoms with E-state index in [1.807, 2.05) is 20.8 Å². The van der Waals surface area contributed by atoms with Crippen LogP contribution in [-0.4, -0.2) is 94.2 Å². The second-order valence-electron chi connectivity index (χ2n) is 15.2. The Hall–Kier alpha value is -4.51. The predicted octanol–water partition coefficient (Wildman–Crippen LogP) is 3.92. The summed E-state index contributed by atoms with van der Waals surface area (Å²) in [5, 5.41) is 4.52. The van der Waals surface area contributed by atoms with Crippen molar-refractivity contribution in [3.05, 3.63) is 60.0 Å². The zero-order valence-corrected chi connectivity index (χ0v) is 32.6. The molecule has 2 aliphatic heterocycles. The van der Waals surface area contributed by atoms with E-state index in [-0.39, 0.29) is 54.8 Å². The lowest BCUT2D eigenvalue weighted by Crippen LogP contribution is -2.59. The average Bonchev–Trinajstić information content (AvgIpc) is 4.01. The van der Waals surface area contributed by atoms with Crippen LogP contribution in [0, 0.1) is 11.7 Å². The fourth-order valence-corrected chi connectivity index (χ4v) is 8.63. The Morgan fingerprint density at radius 3 is 2.45 bits per heavy atom. The minimum absolute atomic E-state index is 0.0155. The molecule has 4 N–H and O–H groups in total. The summed E-state index contributed by atoms with van der Waals surface area (Å²) in [6, 6.07) is 2.12. The molecule has 5 atom stereocenters. The Labute approximate surface area is 321 Å². The summed E-state index contributed by atoms with van der Waals surface area (Å²) in [5.41, 5.74) is -0.592. The van der Waals surface area contributed by atoms with Crippen LogP contribution in [0.3, 0.4) is 0 Å². The number of amides is 5. The first-order valence-electron chi connectivity index (χ1n) is 19.0. The molecule has 2 aliphatic carbocycles. The van der Waals surface area contributed by atoms with Gasteiger partial charge in [0.05, 0.1) is 18.3 Å². The van der Waals surface area contributed by atoms with Crippen LogP contribution in [0.15, 0.2) is 43.0 Å². The Bertz CT molecular complexity index is 1800. The number of carbonyl (C=O) groups is 5. The number of nitrogens with one attached hydrogen (secondary N) is 2. The zero-order valence-electron chi connectivity index (χ0n) is 31.8. The molecular weight excluding hydrogens is 736 g/mol. The molecule has 1 aromatic carbocycles. The normalized spacial score (nSPS) is 22.8. The van der Waals surface area contributed by atoms with Gasteiger partial charge in [-0.1, -0.05) is 58.4 Å². The fraction of sp³-hybridized carbons (Fsp3) is 0.605. The van der Waals surface area contributed by atoms with Gasteiger partial charge in [0, 0.05) is 24.9 Å². The van der Waals surface area contributed by atoms with E-state index < -0.39 is 80.8 Å². The molecule has 2 saturated carbocycles. The lowest BCUT2D eigenvalue weighted by atomic mass is 10.0. The van der Waals surface area contributed by atoms with Crippen LogP contribution < -0.4 is 16.5 Å². The number of halogens is 1. The van der Waals surface area contributed by atoms with E-state index in [9.17, 15) is 36.8 Å². The minimum Gasteiger partial charge on any atom is -0.446 e. The Morgan fingerprint density at radius 2 is 1.85 bits per heavy atom. The van der Waals surface area contributed by atoms with Crippen LogP contribution in [-0.2, 0) is 47.0 Å². The quantitative estimate of drug-likeness (QED) is 0.0684. The van der Waals surface area contributed by atoms with Crippen LogP contribution >= 0.6 is 0 Å². The van der Waals surface area contributed by atoms with Gasteiger partial charge < -0.3 is 25.0 Å². The van der Waals surface area contributed by atoms with E-state index in [4.69, 9.17) is 15.3 Å². The number of allylic oxidation sites excluding steroid dienone is 1. The molecule has 3 fully saturated rings. The predicted molar refractivity (Wildman–Crippen MR) is 199 cm³/mol. The third-order valence-electron chi connectivity index (χ3n) is 10.8. The highest BCUT2D eigenvalue weighted by Crippen LogP contribution is 2.44. The Kier molecular flexibility index (Phi) is 12.9. The summed E-state index contributed by atoms with van der Waals surface area (Å²) in [6.45, 7) is 13.1. The topological polar surface area (TPSA) is 198 Å². The summed E-state index contributed by atoms with van der Waals surface area (Å²) in [7, 11) is -4.16. The van der Waals surface area contributed by atoms with Gasteiger partial charge in [0.1, 0.15) is 35.6 Å². The number of ether oxygens (including phenoxy) is 2. The number of rotatable bonds is 17. The van der Waals surface area contributed by atoms with Gasteiger partial charge >= 0.3 is 12.2 Å². The van der Waals surface area contributed by atoms with Gasteiger partial charge in [-0.2, -0.15) is 4.41 Å². The monoisotopic (exact) mass is 788 g/mol. The van der Waals surface area contributed by atoms with Crippen molar-refractivity contribution < 1.29 is 46.3 Å². The van der Waals surface area contributed by atoms with Crippen LogP contribution in [0.1, 0.15) is 96.1 Å². The number of carbonyl (C=O) groups excluding carboxylic acids is 5. The van der Waals surface area contributed by atoms with Crippen molar-refractivity contribution in [2.24, 2.45) is 11.8 Å². The number of hydrogen-bond donors (Lipinski definition) is 3. The summed E-state index contributed by atoms with van der Waals surface area (Å²) < 4.78 is 51.8. The number of hydrogen-bond acceptors (Lipinski definition) is 10. The van der Waals surface area contributed by atoms with Crippen molar-refractivity contribution in [2.75, 3.05) is 6.54 Å². The van der Waals surface area contributed by atoms with Gasteiger partial charge in [-0.3, -0.25) is 19.3 Å². The lowest BCUT2D eigenvalue weighted by Gasteiger charge is -2.30. The highest BCUT2D eigenvalue weighted by molar-refractivity contribution is 7.90. The van der Waals surface area contributed by atoms with Crippen molar-refractivity contribution in [3.8, 4) is 0 Å². The molecule has 0 spiro atoms. The van der Waals surface area contributed by atoms with Crippen molar-refractivity contribution in [2.45, 2.75) is 133 Å². The first kappa shape index (κ1) is 41.6. The van der Waals surface area contributed by atoms with Gasteiger partial charge in [-0.25, -0.2) is 28.2 Å². The third-order valence-corrected chi connectivity index (χ3v) is 12.8. The molecular formula is C38H53FN6O9S. The van der Waals surface area contributed by atoms with E-state index in [1.54, 1.807) is 18.2 Å². The molecule has 5 rings (SSSR count). The van der Waals surface area contributed by atoms with E-state index in [1.165, 1.54) is 15.9 Å². The van der Waals surface area contributed by atoms with Gasteiger partial charge in [-0.05, 0) is 61.6 Å². The summed E-state index contributed by atoms with van der Waals surface area (Å²) in [4.78, 5) is 71.2. The Morgan fingerprint density at radius 1 is 1.15 bits per heavy atom. The molecule has 1 saturated heterocycles. The highest BCUT2D eigenvalue weighted by Gasteiger charge is 2.61. The maximum absolute atomic E-state index is 14.5. The van der Waals surface area contributed by atoms with Crippen LogP contribution in [0.25, 0.3) is 0 Å². The van der Waals surface area contributed by atoms with E-state index in [0.717, 1.165) is 19.3 Å². The number of hydrazine groups is 1. The lowest BCUT2D eigenvalue weighted by molar-refractivity contribution is -0.141. The molecule has 17 heteroatoms. The first-order valence-corrected chi connectivity index (χ1v) is 20.5. The van der Waals surface area contributed by atoms with Gasteiger partial charge in [-0.15, -0.1) is 6.58 Å². The number of benzene rings is 1. The second-order valence-corrected chi connectivity index (χ2v) is 17.3. The molecule has 0 bridgehead atoms. The van der Waals surface area contributed by atoms with Crippen molar-refractivity contribution in [1.82, 2.24) is 24.8 Å². The minimum atomic E-state index is -4.16. The molecule has 0 radical (unpaired) electrons. The fourth-order valence-electron chi connectivity index (χ4n) is 7.19. The molecule has 302 valence electrons. The largest absolute Gasteiger partial charge is 0.446 e. The van der Waals surface area contributed by atoms with E-state index in [0.29, 0.717) is 36.8 Å². The average molecular weight is 789 g/mol. The molecule has 0 aromatic heterocycles. The molecule has 1 aromatic rings.